The van der Waals surface area contributed by atoms with Crippen LogP contribution in [-0.2, 0) is 4.79 Å². The van der Waals surface area contributed by atoms with Crippen molar-refractivity contribution in [3.8, 4) is 0 Å². The van der Waals surface area contributed by atoms with Gasteiger partial charge in [0.05, 0.1) is 0 Å². The number of carbonyl (C=O) groups is 1. The minimum Gasteiger partial charge on any atom is -0.299 e. The molecule has 0 fully saturated rings. The smallest absolute Gasteiger partial charge is 0.135 e. The van der Waals surface area contributed by atoms with Gasteiger partial charge in [0.1, 0.15) is 5.78 Å². The zero-order valence-electron chi connectivity index (χ0n) is 14.4. The molecule has 1 unspecified atom stereocenters. The Balaban J connectivity index is -0.00000162. The summed E-state index contributed by atoms with van der Waals surface area (Å²) in [4.78, 5) is 11.9. The Bertz CT molecular complexity index is 277. The lowest BCUT2D eigenvalue weighted by atomic mass is 9.86. The summed E-state index contributed by atoms with van der Waals surface area (Å²) in [5, 5.41) is 0. The van der Waals surface area contributed by atoms with Crippen LogP contribution in [0.1, 0.15) is 83.1 Å². The van der Waals surface area contributed by atoms with Crippen molar-refractivity contribution in [2.45, 2.75) is 83.1 Å². The SMILES string of the molecule is C.C.CC(C)CC(C)(C)CPCC(C)(C)CC(=O)C(C)C. The van der Waals surface area contributed by atoms with Crippen molar-refractivity contribution < 1.29 is 4.79 Å². The van der Waals surface area contributed by atoms with Gasteiger partial charge >= 0.3 is 0 Å². The van der Waals surface area contributed by atoms with Gasteiger partial charge in [0, 0.05) is 12.3 Å². The van der Waals surface area contributed by atoms with Crippen LogP contribution >= 0.6 is 8.58 Å². The van der Waals surface area contributed by atoms with Gasteiger partial charge in [-0.2, -0.15) is 0 Å². The van der Waals surface area contributed by atoms with E-state index in [1.807, 2.05) is 13.8 Å². The van der Waals surface area contributed by atoms with E-state index in [1.54, 1.807) is 0 Å². The average Bonchev–Trinajstić information content (AvgIpc) is 2.12. The molecule has 0 heterocycles. The number of hydrogen-bond donors (Lipinski definition) is 0. The summed E-state index contributed by atoms with van der Waals surface area (Å²) in [6.07, 6.45) is 4.52. The standard InChI is InChI=1S/C17H35OP.2CH4/c1-13(2)9-16(5,6)11-19-12-17(7,8)10-15(18)14(3)4;;/h13-14,19H,9-12H2,1-8H3;2*1H4. The lowest BCUT2D eigenvalue weighted by molar-refractivity contribution is -0.123. The highest BCUT2D eigenvalue weighted by Gasteiger charge is 2.25. The molecule has 0 spiro atoms. The Morgan fingerprint density at radius 1 is 0.905 bits per heavy atom. The van der Waals surface area contributed by atoms with Gasteiger partial charge in [-0.05, 0) is 35.5 Å². The molecule has 0 amide bonds. The third-order valence-electron chi connectivity index (χ3n) is 3.46. The minimum absolute atomic E-state index is 0. The molecule has 130 valence electrons. The summed E-state index contributed by atoms with van der Waals surface area (Å²) in [7, 11) is 0.975. The number of carbonyl (C=O) groups excluding carboxylic acids is 1. The lowest BCUT2D eigenvalue weighted by Crippen LogP contribution is -2.24. The van der Waals surface area contributed by atoms with E-state index in [9.17, 15) is 4.79 Å². The van der Waals surface area contributed by atoms with Crippen LogP contribution in [0, 0.1) is 22.7 Å². The predicted molar refractivity (Wildman–Crippen MR) is 103 cm³/mol. The normalized spacial score (nSPS) is 12.7. The predicted octanol–water partition coefficient (Wildman–Crippen LogP) is 6.65. The van der Waals surface area contributed by atoms with Crippen molar-refractivity contribution in [2.24, 2.45) is 22.7 Å². The number of Topliss-reactive ketones (excluding diaryl/α,β-unsaturated/α-hetero) is 1. The van der Waals surface area contributed by atoms with Crippen LogP contribution in [0.5, 0.6) is 0 Å². The Labute approximate surface area is 137 Å². The number of hydrogen-bond acceptors (Lipinski definition) is 1. The Morgan fingerprint density at radius 3 is 1.71 bits per heavy atom. The highest BCUT2D eigenvalue weighted by atomic mass is 31.1. The van der Waals surface area contributed by atoms with E-state index >= 15 is 0 Å². The summed E-state index contributed by atoms with van der Waals surface area (Å²) < 4.78 is 0. The maximum atomic E-state index is 11.9. The monoisotopic (exact) mass is 318 g/mol. The van der Waals surface area contributed by atoms with Crippen LogP contribution in [0.3, 0.4) is 0 Å². The molecule has 0 N–H and O–H groups in total. The molecule has 0 saturated carbocycles. The maximum absolute atomic E-state index is 11.9. The van der Waals surface area contributed by atoms with Crippen LogP contribution in [0.15, 0.2) is 0 Å². The van der Waals surface area contributed by atoms with Gasteiger partial charge in [0.2, 0.25) is 0 Å². The van der Waals surface area contributed by atoms with E-state index in [0.29, 0.717) is 11.2 Å². The first kappa shape index (κ1) is 26.0. The third-order valence-corrected chi connectivity index (χ3v) is 5.88. The minimum atomic E-state index is 0. The van der Waals surface area contributed by atoms with Gasteiger partial charge in [-0.3, -0.25) is 4.79 Å². The molecule has 0 bridgehead atoms. The average molecular weight is 319 g/mol. The molecule has 0 radical (unpaired) electrons. The largest absolute Gasteiger partial charge is 0.299 e. The molecular weight excluding hydrogens is 275 g/mol. The van der Waals surface area contributed by atoms with Crippen molar-refractivity contribution in [1.29, 1.82) is 0 Å². The first-order chi connectivity index (χ1) is 8.45. The second kappa shape index (κ2) is 10.8. The van der Waals surface area contributed by atoms with Crippen LogP contribution < -0.4 is 0 Å². The maximum Gasteiger partial charge on any atom is 0.135 e. The van der Waals surface area contributed by atoms with E-state index in [4.69, 9.17) is 0 Å². The van der Waals surface area contributed by atoms with Crippen LogP contribution in [-0.4, -0.2) is 18.1 Å². The second-order valence-corrected chi connectivity index (χ2v) is 9.53. The van der Waals surface area contributed by atoms with Crippen molar-refractivity contribution in [3.05, 3.63) is 0 Å². The van der Waals surface area contributed by atoms with Gasteiger partial charge in [0.25, 0.3) is 0 Å². The molecule has 21 heavy (non-hydrogen) atoms. The van der Waals surface area contributed by atoms with Gasteiger partial charge in [-0.1, -0.05) is 70.2 Å². The first-order valence-electron chi connectivity index (χ1n) is 7.69. The van der Waals surface area contributed by atoms with Crippen LogP contribution in [0.25, 0.3) is 0 Å². The highest BCUT2D eigenvalue weighted by molar-refractivity contribution is 7.38. The van der Waals surface area contributed by atoms with Crippen molar-refractivity contribution >= 4 is 14.4 Å². The summed E-state index contributed by atoms with van der Waals surface area (Å²) >= 11 is 0. The summed E-state index contributed by atoms with van der Waals surface area (Å²) in [5.41, 5.74) is 0.623. The molecule has 2 heteroatoms. The van der Waals surface area contributed by atoms with Gasteiger partial charge in [-0.15, -0.1) is 8.58 Å². The first-order valence-corrected chi connectivity index (χ1v) is 9.10. The molecule has 0 rings (SSSR count). The van der Waals surface area contributed by atoms with Crippen LogP contribution in [0.2, 0.25) is 0 Å². The Hall–Kier alpha value is 0.100. The molecule has 0 aliphatic heterocycles. The van der Waals surface area contributed by atoms with E-state index < -0.39 is 0 Å². The van der Waals surface area contributed by atoms with Crippen molar-refractivity contribution in [3.63, 3.8) is 0 Å². The fourth-order valence-corrected chi connectivity index (χ4v) is 4.40. The quantitative estimate of drug-likeness (QED) is 0.435. The van der Waals surface area contributed by atoms with E-state index in [0.717, 1.165) is 20.9 Å². The topological polar surface area (TPSA) is 17.1 Å². The van der Waals surface area contributed by atoms with Crippen LogP contribution in [0.4, 0.5) is 0 Å². The summed E-state index contributed by atoms with van der Waals surface area (Å²) in [6.45, 7) is 17.9. The zero-order chi connectivity index (χ0) is 15.3. The number of rotatable bonds is 9. The van der Waals surface area contributed by atoms with Crippen molar-refractivity contribution in [1.82, 2.24) is 0 Å². The molecule has 0 aromatic rings. The summed E-state index contributed by atoms with van der Waals surface area (Å²) in [5.74, 6) is 1.37. The molecule has 0 aliphatic rings. The van der Waals surface area contributed by atoms with E-state index in [-0.39, 0.29) is 26.2 Å². The zero-order valence-corrected chi connectivity index (χ0v) is 15.4. The molecule has 0 aromatic carbocycles. The van der Waals surface area contributed by atoms with Gasteiger partial charge in [-0.25, -0.2) is 0 Å². The Kier molecular flexibility index (Phi) is 13.3. The van der Waals surface area contributed by atoms with Gasteiger partial charge < -0.3 is 0 Å². The molecular formula is C19H43OP. The molecule has 1 nitrogen and oxygen atoms in total. The van der Waals surface area contributed by atoms with E-state index in [2.05, 4.69) is 41.5 Å². The third kappa shape index (κ3) is 13.5. The second-order valence-electron chi connectivity index (χ2n) is 8.33. The molecule has 0 aromatic heterocycles. The van der Waals surface area contributed by atoms with Gasteiger partial charge in [0.15, 0.2) is 0 Å². The lowest BCUT2D eigenvalue weighted by Gasteiger charge is -2.30. The number of ketones is 1. The summed E-state index contributed by atoms with van der Waals surface area (Å²) in [6, 6.07) is 0. The Morgan fingerprint density at radius 2 is 1.33 bits per heavy atom. The molecule has 0 saturated heterocycles. The highest BCUT2D eigenvalue weighted by Crippen LogP contribution is 2.37. The molecule has 0 aliphatic carbocycles. The molecule has 1 atom stereocenters. The van der Waals surface area contributed by atoms with E-state index in [1.165, 1.54) is 18.7 Å². The fourth-order valence-electron chi connectivity index (χ4n) is 2.65. The fraction of sp³-hybridized carbons (Fsp3) is 0.947. The van der Waals surface area contributed by atoms with Crippen molar-refractivity contribution in [2.75, 3.05) is 12.3 Å².